The molecular formula is C28H42N6O4. The molecule has 1 saturated carbocycles. The Kier molecular flexibility index (Phi) is 9.63. The first-order chi connectivity index (χ1) is 18.3. The maximum atomic E-state index is 13.4. The van der Waals surface area contributed by atoms with Crippen LogP contribution in [0.5, 0.6) is 5.75 Å². The minimum Gasteiger partial charge on any atom is -0.488 e. The largest absolute Gasteiger partial charge is 0.488 e. The molecule has 10 heteroatoms. The molecule has 2 aliphatic rings. The molecule has 1 aromatic heterocycles. The van der Waals surface area contributed by atoms with Crippen molar-refractivity contribution >= 4 is 17.6 Å². The van der Waals surface area contributed by atoms with E-state index < -0.39 is 0 Å². The number of fused-ring (bicyclic) bond motifs is 1. The first-order valence-corrected chi connectivity index (χ1v) is 13.8. The number of nitrogens with zero attached hydrogens (tertiary/aromatic N) is 3. The van der Waals surface area contributed by atoms with Crippen LogP contribution in [0.1, 0.15) is 57.3 Å². The molecule has 1 fully saturated rings. The quantitative estimate of drug-likeness (QED) is 0.419. The van der Waals surface area contributed by atoms with Crippen LogP contribution >= 0.6 is 0 Å². The van der Waals surface area contributed by atoms with E-state index in [0.717, 1.165) is 31.5 Å². The van der Waals surface area contributed by atoms with Crippen molar-refractivity contribution in [3.63, 3.8) is 0 Å². The lowest BCUT2D eigenvalue weighted by Crippen LogP contribution is -2.47. The summed E-state index contributed by atoms with van der Waals surface area (Å²) in [6, 6.07) is 5.16. The number of aliphatic hydroxyl groups is 1. The zero-order chi connectivity index (χ0) is 27.1. The first-order valence-electron chi connectivity index (χ1n) is 13.8. The van der Waals surface area contributed by atoms with Gasteiger partial charge in [-0.15, -0.1) is 0 Å². The molecule has 0 spiro atoms. The van der Waals surface area contributed by atoms with E-state index in [0.29, 0.717) is 36.6 Å². The van der Waals surface area contributed by atoms with Crippen molar-refractivity contribution in [3.05, 3.63) is 42.0 Å². The van der Waals surface area contributed by atoms with Crippen LogP contribution in [-0.2, 0) is 17.8 Å². The van der Waals surface area contributed by atoms with E-state index in [2.05, 4.69) is 32.4 Å². The fourth-order valence-corrected chi connectivity index (χ4v) is 5.34. The molecule has 3 amide bonds. The zero-order valence-corrected chi connectivity index (χ0v) is 22.8. The lowest BCUT2D eigenvalue weighted by Gasteiger charge is -2.34. The van der Waals surface area contributed by atoms with Gasteiger partial charge in [0.2, 0.25) is 5.91 Å². The highest BCUT2D eigenvalue weighted by molar-refractivity contribution is 5.90. The van der Waals surface area contributed by atoms with Crippen LogP contribution in [0.2, 0.25) is 0 Å². The second-order valence-electron chi connectivity index (χ2n) is 10.9. The number of aromatic nitrogens is 2. The molecule has 0 bridgehead atoms. The molecule has 1 aliphatic heterocycles. The molecule has 4 N–H and O–H groups in total. The number of rotatable bonds is 8. The van der Waals surface area contributed by atoms with Gasteiger partial charge in [0, 0.05) is 48.7 Å². The molecule has 208 valence electrons. The molecule has 1 aliphatic carbocycles. The Morgan fingerprint density at radius 2 is 2.11 bits per heavy atom. The van der Waals surface area contributed by atoms with E-state index in [-0.39, 0.29) is 49.1 Å². The second-order valence-corrected chi connectivity index (χ2v) is 10.9. The molecule has 10 nitrogen and oxygen atoms in total. The molecular weight excluding hydrogens is 484 g/mol. The van der Waals surface area contributed by atoms with Crippen LogP contribution < -0.4 is 15.4 Å². The standard InChI is InChI=1S/C28H42N6O4/c1-19-15-34(20(2)18-35)27(36)14-21-13-23(32-28(37)31-22-7-5-4-6-8-22)9-10-24(21)38-25(19)16-33(3)17-26-29-11-12-30-26/h9-13,19-20,22,25,35H,4-8,14-18H2,1-3H3,(H,29,30)(H2,31,32,37)/t19-,20?,25+/m1/s1. The topological polar surface area (TPSA) is 123 Å². The Labute approximate surface area is 225 Å². The van der Waals surface area contributed by atoms with Gasteiger partial charge < -0.3 is 30.4 Å². The number of imidazole rings is 1. The number of nitrogens with one attached hydrogen (secondary N) is 3. The molecule has 1 unspecified atom stereocenters. The highest BCUT2D eigenvalue weighted by Gasteiger charge is 2.31. The van der Waals surface area contributed by atoms with Crippen LogP contribution in [0.15, 0.2) is 30.6 Å². The van der Waals surface area contributed by atoms with E-state index in [1.807, 2.05) is 32.2 Å². The predicted molar refractivity (Wildman–Crippen MR) is 146 cm³/mol. The summed E-state index contributed by atoms with van der Waals surface area (Å²) >= 11 is 0. The number of carbonyl (C=O) groups is 2. The van der Waals surface area contributed by atoms with Crippen molar-refractivity contribution in [1.29, 1.82) is 0 Å². The highest BCUT2D eigenvalue weighted by atomic mass is 16.5. The number of carbonyl (C=O) groups excluding carboxylic acids is 2. The number of anilines is 1. The number of hydrogen-bond donors (Lipinski definition) is 4. The number of H-pyrrole nitrogens is 1. The van der Waals surface area contributed by atoms with Gasteiger partial charge >= 0.3 is 6.03 Å². The summed E-state index contributed by atoms with van der Waals surface area (Å²) in [6.07, 6.45) is 8.98. The third-order valence-electron chi connectivity index (χ3n) is 7.58. The maximum Gasteiger partial charge on any atom is 0.319 e. The van der Waals surface area contributed by atoms with E-state index in [1.54, 1.807) is 17.3 Å². The van der Waals surface area contributed by atoms with Gasteiger partial charge in [0.1, 0.15) is 17.7 Å². The maximum absolute atomic E-state index is 13.4. The molecule has 2 heterocycles. The number of hydrogen-bond acceptors (Lipinski definition) is 6. The van der Waals surface area contributed by atoms with Crippen molar-refractivity contribution in [2.45, 2.75) is 77.1 Å². The fraction of sp³-hybridized carbons (Fsp3) is 0.607. The molecule has 0 saturated heterocycles. The number of likely N-dealkylation sites (N-methyl/N-ethyl adjacent to an activating group) is 1. The first kappa shape index (κ1) is 27.9. The van der Waals surface area contributed by atoms with Gasteiger partial charge in [-0.3, -0.25) is 9.69 Å². The van der Waals surface area contributed by atoms with Gasteiger partial charge in [0.15, 0.2) is 0 Å². The van der Waals surface area contributed by atoms with Crippen LogP contribution in [-0.4, -0.2) is 81.7 Å². The summed E-state index contributed by atoms with van der Waals surface area (Å²) in [5.74, 6) is 1.45. The van der Waals surface area contributed by atoms with Crippen LogP contribution in [0.4, 0.5) is 10.5 Å². The molecule has 1 aromatic carbocycles. The zero-order valence-electron chi connectivity index (χ0n) is 22.8. The van der Waals surface area contributed by atoms with Gasteiger partial charge in [-0.05, 0) is 45.0 Å². The van der Waals surface area contributed by atoms with Gasteiger partial charge in [-0.25, -0.2) is 9.78 Å². The van der Waals surface area contributed by atoms with Crippen molar-refractivity contribution in [2.75, 3.05) is 32.1 Å². The predicted octanol–water partition coefficient (Wildman–Crippen LogP) is 3.14. The number of aliphatic hydroxyl groups excluding tert-OH is 1. The van der Waals surface area contributed by atoms with Crippen molar-refractivity contribution in [3.8, 4) is 5.75 Å². The SMILES string of the molecule is CC(CO)N1C[C@@H](C)[C@H](CN(C)Cc2ncc[nH]2)Oc2ccc(NC(=O)NC3CCCCC3)cc2CC1=O. The normalized spacial score (nSPS) is 21.6. The number of amides is 3. The summed E-state index contributed by atoms with van der Waals surface area (Å²) in [7, 11) is 2.02. The summed E-state index contributed by atoms with van der Waals surface area (Å²) in [6.45, 7) is 5.56. The number of aromatic amines is 1. The van der Waals surface area contributed by atoms with Crippen molar-refractivity contribution in [1.82, 2.24) is 25.1 Å². The van der Waals surface area contributed by atoms with Gasteiger partial charge in [0.05, 0.1) is 25.6 Å². The Bertz CT molecular complexity index is 1060. The third kappa shape index (κ3) is 7.48. The van der Waals surface area contributed by atoms with Gasteiger partial charge in [0.25, 0.3) is 0 Å². The Balaban J connectivity index is 1.53. The van der Waals surface area contributed by atoms with E-state index >= 15 is 0 Å². The Morgan fingerprint density at radius 1 is 1.32 bits per heavy atom. The molecule has 4 rings (SSSR count). The fourth-order valence-electron chi connectivity index (χ4n) is 5.34. The minimum absolute atomic E-state index is 0.0111. The average Bonchev–Trinajstić information content (AvgIpc) is 3.41. The summed E-state index contributed by atoms with van der Waals surface area (Å²) < 4.78 is 6.57. The number of benzene rings is 1. The van der Waals surface area contributed by atoms with E-state index in [1.165, 1.54) is 6.42 Å². The molecule has 3 atom stereocenters. The Hall–Kier alpha value is -3.11. The van der Waals surface area contributed by atoms with Crippen molar-refractivity contribution < 1.29 is 19.4 Å². The van der Waals surface area contributed by atoms with E-state index in [9.17, 15) is 14.7 Å². The van der Waals surface area contributed by atoms with Crippen molar-refractivity contribution in [2.24, 2.45) is 5.92 Å². The van der Waals surface area contributed by atoms with Crippen LogP contribution in [0.3, 0.4) is 0 Å². The Morgan fingerprint density at radius 3 is 2.82 bits per heavy atom. The minimum atomic E-state index is -0.310. The molecule has 38 heavy (non-hydrogen) atoms. The highest BCUT2D eigenvalue weighted by Crippen LogP contribution is 2.29. The summed E-state index contributed by atoms with van der Waals surface area (Å²) in [5.41, 5.74) is 1.34. The van der Waals surface area contributed by atoms with Gasteiger partial charge in [-0.2, -0.15) is 0 Å². The lowest BCUT2D eigenvalue weighted by atomic mass is 9.96. The monoisotopic (exact) mass is 526 g/mol. The van der Waals surface area contributed by atoms with Crippen LogP contribution in [0.25, 0.3) is 0 Å². The number of ether oxygens (including phenoxy) is 1. The summed E-state index contributed by atoms with van der Waals surface area (Å²) in [5, 5.41) is 15.9. The second kappa shape index (κ2) is 13.1. The third-order valence-corrected chi connectivity index (χ3v) is 7.58. The summed E-state index contributed by atoms with van der Waals surface area (Å²) in [4.78, 5) is 37.4. The lowest BCUT2D eigenvalue weighted by molar-refractivity contribution is -0.134. The smallest absolute Gasteiger partial charge is 0.319 e. The van der Waals surface area contributed by atoms with Crippen LogP contribution in [0, 0.1) is 5.92 Å². The van der Waals surface area contributed by atoms with E-state index in [4.69, 9.17) is 4.74 Å². The molecule has 2 aromatic rings. The number of urea groups is 1. The average molecular weight is 527 g/mol. The van der Waals surface area contributed by atoms with Gasteiger partial charge in [-0.1, -0.05) is 26.2 Å². The molecule has 0 radical (unpaired) electrons.